The maximum Gasteiger partial charge on any atom is 0.326 e. The van der Waals surface area contributed by atoms with E-state index in [4.69, 9.17) is 18.9 Å². The van der Waals surface area contributed by atoms with Crippen LogP contribution in [-0.4, -0.2) is 49.1 Å². The first-order valence-corrected chi connectivity index (χ1v) is 8.23. The lowest BCUT2D eigenvalue weighted by Gasteiger charge is -2.10. The van der Waals surface area contributed by atoms with E-state index in [2.05, 4.69) is 0 Å². The highest BCUT2D eigenvalue weighted by atomic mass is 32.2. The Bertz CT molecular complexity index is 774. The number of ether oxygens (including phenoxy) is 4. The van der Waals surface area contributed by atoms with E-state index in [0.29, 0.717) is 22.8 Å². The number of amides is 2. The second-order valence-electron chi connectivity index (χ2n) is 5.03. The van der Waals surface area contributed by atoms with Crippen molar-refractivity contribution in [3.8, 4) is 17.2 Å². The van der Waals surface area contributed by atoms with Crippen LogP contribution in [0.1, 0.15) is 12.5 Å². The first-order chi connectivity index (χ1) is 12.0. The number of thioether (sulfide) groups is 1. The summed E-state index contributed by atoms with van der Waals surface area (Å²) in [6, 6.07) is 3.36. The van der Waals surface area contributed by atoms with Crippen molar-refractivity contribution in [3.63, 3.8) is 0 Å². The summed E-state index contributed by atoms with van der Waals surface area (Å²) in [5.74, 6) is 0.286. The van der Waals surface area contributed by atoms with Crippen molar-refractivity contribution in [2.45, 2.75) is 6.92 Å². The van der Waals surface area contributed by atoms with Gasteiger partial charge >= 0.3 is 5.97 Å². The molecule has 3 rings (SSSR count). The van der Waals surface area contributed by atoms with Crippen LogP contribution in [0.4, 0.5) is 4.79 Å². The van der Waals surface area contributed by atoms with Crippen molar-refractivity contribution in [3.05, 3.63) is 22.6 Å². The van der Waals surface area contributed by atoms with Crippen LogP contribution in [0.2, 0.25) is 0 Å². The maximum absolute atomic E-state index is 12.4. The molecule has 0 radical (unpaired) electrons. The van der Waals surface area contributed by atoms with Crippen LogP contribution < -0.4 is 14.2 Å². The Balaban J connectivity index is 1.84. The van der Waals surface area contributed by atoms with Crippen molar-refractivity contribution >= 4 is 35.0 Å². The number of nitrogens with zero attached hydrogens (tertiary/aromatic N) is 1. The predicted molar refractivity (Wildman–Crippen MR) is 88.4 cm³/mol. The van der Waals surface area contributed by atoms with Crippen molar-refractivity contribution < 1.29 is 33.3 Å². The molecule has 25 heavy (non-hydrogen) atoms. The van der Waals surface area contributed by atoms with E-state index in [1.54, 1.807) is 25.1 Å². The molecule has 132 valence electrons. The number of imide groups is 1. The zero-order valence-corrected chi connectivity index (χ0v) is 14.4. The number of methoxy groups -OCH3 is 1. The topological polar surface area (TPSA) is 91.4 Å². The second kappa shape index (κ2) is 7.06. The van der Waals surface area contributed by atoms with Crippen LogP contribution >= 0.6 is 11.8 Å². The number of benzene rings is 1. The SMILES string of the molecule is CCOC(=O)CN1C(=O)SC(=Cc2cc(OC)c3c(c2)OCO3)C1=O. The molecule has 0 bridgehead atoms. The summed E-state index contributed by atoms with van der Waals surface area (Å²) in [6.07, 6.45) is 1.54. The molecule has 2 aliphatic rings. The molecule has 8 nitrogen and oxygen atoms in total. The van der Waals surface area contributed by atoms with Crippen LogP contribution in [-0.2, 0) is 14.3 Å². The van der Waals surface area contributed by atoms with Crippen LogP contribution in [0.25, 0.3) is 6.08 Å². The van der Waals surface area contributed by atoms with Gasteiger partial charge in [-0.3, -0.25) is 19.3 Å². The minimum absolute atomic E-state index is 0.0885. The Morgan fingerprint density at radius 1 is 1.36 bits per heavy atom. The normalized spacial score (nSPS) is 17.4. The van der Waals surface area contributed by atoms with Crippen molar-refractivity contribution in [2.75, 3.05) is 27.1 Å². The van der Waals surface area contributed by atoms with Gasteiger partial charge in [-0.25, -0.2) is 0 Å². The standard InChI is InChI=1S/C16H15NO7S/c1-3-22-13(18)7-17-15(19)12(25-16(17)20)6-9-4-10(21-2)14-11(5-9)23-8-24-14/h4-6H,3,7-8H2,1-2H3. The molecule has 0 aliphatic carbocycles. The molecule has 0 saturated carbocycles. The summed E-state index contributed by atoms with van der Waals surface area (Å²) in [5.41, 5.74) is 0.614. The van der Waals surface area contributed by atoms with Crippen molar-refractivity contribution in [1.82, 2.24) is 4.90 Å². The van der Waals surface area contributed by atoms with Gasteiger partial charge in [-0.15, -0.1) is 0 Å². The summed E-state index contributed by atoms with van der Waals surface area (Å²) < 4.78 is 20.7. The lowest BCUT2D eigenvalue weighted by molar-refractivity contribution is -0.145. The van der Waals surface area contributed by atoms with E-state index in [1.807, 2.05) is 0 Å². The Hall–Kier alpha value is -2.68. The average molecular weight is 365 g/mol. The van der Waals surface area contributed by atoms with Crippen LogP contribution in [0, 0.1) is 0 Å². The van der Waals surface area contributed by atoms with Gasteiger partial charge in [-0.2, -0.15) is 0 Å². The number of hydrogen-bond donors (Lipinski definition) is 0. The number of fused-ring (bicyclic) bond motifs is 1. The minimum Gasteiger partial charge on any atom is -0.493 e. The van der Waals surface area contributed by atoms with Gasteiger partial charge in [0.25, 0.3) is 11.1 Å². The molecule has 0 N–H and O–H groups in total. The Morgan fingerprint density at radius 2 is 2.16 bits per heavy atom. The van der Waals surface area contributed by atoms with Gasteiger partial charge in [0.05, 0.1) is 18.6 Å². The largest absolute Gasteiger partial charge is 0.493 e. The third-order valence-electron chi connectivity index (χ3n) is 3.44. The lowest BCUT2D eigenvalue weighted by atomic mass is 10.1. The Kier molecular flexibility index (Phi) is 4.84. The first-order valence-electron chi connectivity index (χ1n) is 7.42. The third-order valence-corrected chi connectivity index (χ3v) is 4.35. The predicted octanol–water partition coefficient (Wildman–Crippen LogP) is 2.02. The highest BCUT2D eigenvalue weighted by Crippen LogP contribution is 2.43. The molecule has 1 saturated heterocycles. The average Bonchev–Trinajstić information content (AvgIpc) is 3.15. The number of esters is 1. The van der Waals surface area contributed by atoms with Gasteiger partial charge in [0.1, 0.15) is 6.54 Å². The quantitative estimate of drug-likeness (QED) is 0.578. The molecule has 0 aromatic heterocycles. The van der Waals surface area contributed by atoms with Gasteiger partial charge in [-0.1, -0.05) is 0 Å². The van der Waals surface area contributed by atoms with Gasteiger partial charge in [-0.05, 0) is 42.5 Å². The maximum atomic E-state index is 12.4. The monoisotopic (exact) mass is 365 g/mol. The van der Waals surface area contributed by atoms with E-state index >= 15 is 0 Å². The molecule has 0 unspecified atom stereocenters. The number of rotatable bonds is 5. The van der Waals surface area contributed by atoms with Crippen LogP contribution in [0.15, 0.2) is 17.0 Å². The van der Waals surface area contributed by atoms with Gasteiger partial charge < -0.3 is 18.9 Å². The first kappa shape index (κ1) is 17.2. The highest BCUT2D eigenvalue weighted by Gasteiger charge is 2.36. The zero-order valence-electron chi connectivity index (χ0n) is 13.6. The molecular weight excluding hydrogens is 350 g/mol. The van der Waals surface area contributed by atoms with Gasteiger partial charge in [0.2, 0.25) is 12.5 Å². The van der Waals surface area contributed by atoms with Crippen LogP contribution in [0.5, 0.6) is 17.2 Å². The van der Waals surface area contributed by atoms with E-state index in [-0.39, 0.29) is 18.3 Å². The van der Waals surface area contributed by atoms with E-state index in [9.17, 15) is 14.4 Å². The zero-order chi connectivity index (χ0) is 18.0. The highest BCUT2D eigenvalue weighted by molar-refractivity contribution is 8.18. The number of carbonyl (C=O) groups is 3. The molecule has 0 spiro atoms. The Morgan fingerprint density at radius 3 is 2.88 bits per heavy atom. The molecule has 1 fully saturated rings. The molecule has 1 aromatic rings. The molecule has 2 heterocycles. The third kappa shape index (κ3) is 3.41. The minimum atomic E-state index is -0.629. The molecule has 2 amide bonds. The summed E-state index contributed by atoms with van der Waals surface area (Å²) in [6.45, 7) is 1.52. The summed E-state index contributed by atoms with van der Waals surface area (Å²) in [4.78, 5) is 36.9. The van der Waals surface area contributed by atoms with Crippen molar-refractivity contribution in [2.24, 2.45) is 0 Å². The summed E-state index contributed by atoms with van der Waals surface area (Å²) in [7, 11) is 1.49. The van der Waals surface area contributed by atoms with Crippen molar-refractivity contribution in [1.29, 1.82) is 0 Å². The second-order valence-corrected chi connectivity index (χ2v) is 6.02. The molecule has 9 heteroatoms. The fourth-order valence-corrected chi connectivity index (χ4v) is 3.19. The van der Waals surface area contributed by atoms with E-state index < -0.39 is 23.7 Å². The van der Waals surface area contributed by atoms with Gasteiger partial charge in [0.15, 0.2) is 11.5 Å². The summed E-state index contributed by atoms with van der Waals surface area (Å²) in [5, 5.41) is -0.517. The van der Waals surface area contributed by atoms with Crippen LogP contribution in [0.3, 0.4) is 0 Å². The fourth-order valence-electron chi connectivity index (χ4n) is 2.36. The Labute approximate surface area is 147 Å². The van der Waals surface area contributed by atoms with E-state index in [1.165, 1.54) is 7.11 Å². The smallest absolute Gasteiger partial charge is 0.326 e. The van der Waals surface area contributed by atoms with Gasteiger partial charge in [0, 0.05) is 0 Å². The number of hydrogen-bond acceptors (Lipinski definition) is 8. The van der Waals surface area contributed by atoms with E-state index in [0.717, 1.165) is 16.7 Å². The number of carbonyl (C=O) groups excluding carboxylic acids is 3. The molecular formula is C16H15NO7S. The lowest BCUT2D eigenvalue weighted by Crippen LogP contribution is -2.34. The molecule has 1 aromatic carbocycles. The molecule has 2 aliphatic heterocycles. The fraction of sp³-hybridized carbons (Fsp3) is 0.312. The molecule has 0 atom stereocenters. The summed E-state index contributed by atoms with van der Waals surface area (Å²) >= 11 is 0.761.